The number of rotatable bonds is 4. The largest absolute Gasteiger partial charge is 0.462 e. The minimum Gasteiger partial charge on any atom is -0.462 e. The second-order valence-electron chi connectivity index (χ2n) is 3.94. The van der Waals surface area contributed by atoms with Crippen LogP contribution in [0.4, 0.5) is 0 Å². The van der Waals surface area contributed by atoms with Crippen molar-refractivity contribution in [2.75, 3.05) is 25.5 Å². The summed E-state index contributed by atoms with van der Waals surface area (Å²) in [5.41, 5.74) is 1.16. The summed E-state index contributed by atoms with van der Waals surface area (Å²) in [5, 5.41) is 10.0. The van der Waals surface area contributed by atoms with Gasteiger partial charge in [0.05, 0.1) is 6.61 Å². The molecule has 2 heterocycles. The van der Waals surface area contributed by atoms with Crippen LogP contribution < -0.4 is 0 Å². The van der Waals surface area contributed by atoms with Crippen LogP contribution in [0.2, 0.25) is 0 Å². The minimum atomic E-state index is -0.229. The number of aliphatic hydroxyl groups is 1. The van der Waals surface area contributed by atoms with Gasteiger partial charge < -0.3 is 14.7 Å². The quantitative estimate of drug-likeness (QED) is 0.799. The Labute approximate surface area is 115 Å². The molecule has 2 rings (SSSR count). The molecule has 2 aliphatic rings. The fourth-order valence-electron chi connectivity index (χ4n) is 1.96. The van der Waals surface area contributed by atoms with Gasteiger partial charge in [0.2, 0.25) is 0 Å². The molecule has 0 radical (unpaired) electrons. The summed E-state index contributed by atoms with van der Waals surface area (Å²) in [7, 11) is 0. The third-order valence-corrected chi connectivity index (χ3v) is 5.36. The molecule has 0 aliphatic carbocycles. The van der Waals surface area contributed by atoms with E-state index in [1.54, 1.807) is 23.5 Å². The van der Waals surface area contributed by atoms with Crippen LogP contribution in [0.25, 0.3) is 0 Å². The molecule has 0 saturated heterocycles. The van der Waals surface area contributed by atoms with Crippen LogP contribution in [0.15, 0.2) is 20.5 Å². The number of fused-ring (bicyclic) bond motifs is 1. The zero-order valence-electron chi connectivity index (χ0n) is 10.6. The van der Waals surface area contributed by atoms with Crippen LogP contribution in [0.1, 0.15) is 20.3 Å². The highest BCUT2D eigenvalue weighted by molar-refractivity contribution is 8.09. The molecule has 0 fully saturated rings. The van der Waals surface area contributed by atoms with Crippen molar-refractivity contribution in [2.24, 2.45) is 0 Å². The van der Waals surface area contributed by atoms with Crippen molar-refractivity contribution in [1.82, 2.24) is 4.90 Å². The average Bonchev–Trinajstić information content (AvgIpc) is 2.68. The highest BCUT2D eigenvalue weighted by atomic mass is 32.2. The molecule has 6 heteroatoms. The van der Waals surface area contributed by atoms with Gasteiger partial charge in [0.15, 0.2) is 0 Å². The fraction of sp³-hybridized carbons (Fsp3) is 0.583. The summed E-state index contributed by atoms with van der Waals surface area (Å²) >= 11 is 3.16. The van der Waals surface area contributed by atoms with Crippen molar-refractivity contribution in [3.8, 4) is 0 Å². The summed E-state index contributed by atoms with van der Waals surface area (Å²) < 4.78 is 5.09. The Kier molecular flexibility index (Phi) is 4.64. The summed E-state index contributed by atoms with van der Waals surface area (Å²) in [4.78, 5) is 15.9. The maximum Gasteiger partial charge on any atom is 0.347 e. The SMILES string of the molecule is CCOC(=O)C1=C2SC(CCO)=C(C)N2CCS1. The smallest absolute Gasteiger partial charge is 0.347 e. The lowest BCUT2D eigenvalue weighted by Crippen LogP contribution is -2.26. The molecule has 0 bridgehead atoms. The summed E-state index contributed by atoms with van der Waals surface area (Å²) in [6, 6.07) is 0. The third-order valence-electron chi connectivity index (χ3n) is 2.83. The molecule has 0 aromatic heterocycles. The summed E-state index contributed by atoms with van der Waals surface area (Å²) in [6.45, 7) is 5.32. The first kappa shape index (κ1) is 13.8. The second-order valence-corrected chi connectivity index (χ2v) is 6.13. The second kappa shape index (κ2) is 6.04. The monoisotopic (exact) mass is 287 g/mol. The molecule has 2 aliphatic heterocycles. The van der Waals surface area contributed by atoms with Gasteiger partial charge in [0, 0.05) is 35.9 Å². The van der Waals surface area contributed by atoms with E-state index in [0.29, 0.717) is 17.9 Å². The van der Waals surface area contributed by atoms with E-state index in [1.165, 1.54) is 0 Å². The van der Waals surface area contributed by atoms with E-state index in [2.05, 4.69) is 4.90 Å². The van der Waals surface area contributed by atoms with Crippen LogP contribution in [-0.2, 0) is 9.53 Å². The molecular weight excluding hydrogens is 270 g/mol. The molecule has 0 atom stereocenters. The normalized spacial score (nSPS) is 19.4. The van der Waals surface area contributed by atoms with Crippen LogP contribution in [-0.4, -0.2) is 41.5 Å². The number of ether oxygens (including phenoxy) is 1. The number of thioether (sulfide) groups is 2. The van der Waals surface area contributed by atoms with Gasteiger partial charge in [-0.2, -0.15) is 0 Å². The fourth-order valence-corrected chi connectivity index (χ4v) is 4.35. The Morgan fingerprint density at radius 2 is 2.33 bits per heavy atom. The predicted octanol–water partition coefficient (Wildman–Crippen LogP) is 2.13. The molecule has 100 valence electrons. The van der Waals surface area contributed by atoms with E-state index in [0.717, 1.165) is 27.9 Å². The Hall–Kier alpha value is -0.590. The highest BCUT2D eigenvalue weighted by Crippen LogP contribution is 2.48. The maximum atomic E-state index is 11.9. The van der Waals surface area contributed by atoms with Gasteiger partial charge >= 0.3 is 5.97 Å². The zero-order chi connectivity index (χ0) is 13.1. The number of nitrogens with zero attached hydrogens (tertiary/aromatic N) is 1. The van der Waals surface area contributed by atoms with Crippen LogP contribution >= 0.6 is 23.5 Å². The van der Waals surface area contributed by atoms with Gasteiger partial charge in [0.25, 0.3) is 0 Å². The number of carbonyl (C=O) groups excluding carboxylic acids is 1. The first-order valence-corrected chi connectivity index (χ1v) is 7.79. The Balaban J connectivity index is 2.25. The number of hydrogen-bond acceptors (Lipinski definition) is 6. The lowest BCUT2D eigenvalue weighted by molar-refractivity contribution is -0.137. The molecule has 4 nitrogen and oxygen atoms in total. The number of hydrogen-bond donors (Lipinski definition) is 1. The van der Waals surface area contributed by atoms with Crippen molar-refractivity contribution in [1.29, 1.82) is 0 Å². The average molecular weight is 287 g/mol. The van der Waals surface area contributed by atoms with E-state index in [9.17, 15) is 4.79 Å². The number of esters is 1. The Bertz CT molecular complexity index is 418. The number of aliphatic hydroxyl groups excluding tert-OH is 1. The number of allylic oxidation sites excluding steroid dienone is 1. The molecule has 0 aromatic carbocycles. The highest BCUT2D eigenvalue weighted by Gasteiger charge is 2.33. The Morgan fingerprint density at radius 3 is 3.00 bits per heavy atom. The Morgan fingerprint density at radius 1 is 1.56 bits per heavy atom. The van der Waals surface area contributed by atoms with Gasteiger partial charge in [0.1, 0.15) is 9.93 Å². The predicted molar refractivity (Wildman–Crippen MR) is 74.8 cm³/mol. The molecule has 18 heavy (non-hydrogen) atoms. The van der Waals surface area contributed by atoms with Crippen molar-refractivity contribution in [2.45, 2.75) is 20.3 Å². The molecule has 1 N–H and O–H groups in total. The third kappa shape index (κ3) is 2.55. The van der Waals surface area contributed by atoms with E-state index >= 15 is 0 Å². The van der Waals surface area contributed by atoms with Gasteiger partial charge in [-0.1, -0.05) is 11.8 Å². The molecule has 0 saturated carbocycles. The lowest BCUT2D eigenvalue weighted by atomic mass is 10.3. The van der Waals surface area contributed by atoms with E-state index in [-0.39, 0.29) is 12.6 Å². The van der Waals surface area contributed by atoms with Crippen LogP contribution in [0, 0.1) is 0 Å². The van der Waals surface area contributed by atoms with Crippen molar-refractivity contribution >= 4 is 29.5 Å². The molecule has 0 unspecified atom stereocenters. The maximum absolute atomic E-state index is 11.9. The van der Waals surface area contributed by atoms with Crippen molar-refractivity contribution < 1.29 is 14.6 Å². The topological polar surface area (TPSA) is 49.8 Å². The first-order valence-electron chi connectivity index (χ1n) is 5.99. The standard InChI is InChI=1S/C12H17NO3S2/c1-3-16-12(15)10-11-13(5-7-17-10)8(2)9(18-11)4-6-14/h14H,3-7H2,1-2H3. The lowest BCUT2D eigenvalue weighted by Gasteiger charge is -2.27. The zero-order valence-corrected chi connectivity index (χ0v) is 12.2. The summed E-state index contributed by atoms with van der Waals surface area (Å²) in [5.74, 6) is 0.662. The molecular formula is C12H17NO3S2. The molecule has 0 aromatic rings. The van der Waals surface area contributed by atoms with Gasteiger partial charge in [-0.25, -0.2) is 4.79 Å². The molecule has 0 amide bonds. The van der Waals surface area contributed by atoms with Crippen molar-refractivity contribution in [3.63, 3.8) is 0 Å². The van der Waals surface area contributed by atoms with E-state index < -0.39 is 0 Å². The molecule has 0 spiro atoms. The van der Waals surface area contributed by atoms with E-state index in [1.807, 2.05) is 13.8 Å². The summed E-state index contributed by atoms with van der Waals surface area (Å²) in [6.07, 6.45) is 0.650. The van der Waals surface area contributed by atoms with Gasteiger partial charge in [-0.05, 0) is 13.8 Å². The minimum absolute atomic E-state index is 0.142. The van der Waals surface area contributed by atoms with E-state index in [4.69, 9.17) is 9.84 Å². The van der Waals surface area contributed by atoms with Crippen LogP contribution in [0.5, 0.6) is 0 Å². The van der Waals surface area contributed by atoms with Gasteiger partial charge in [-0.3, -0.25) is 0 Å². The van der Waals surface area contributed by atoms with Crippen molar-refractivity contribution in [3.05, 3.63) is 20.5 Å². The number of carbonyl (C=O) groups is 1. The van der Waals surface area contributed by atoms with Gasteiger partial charge in [-0.15, -0.1) is 11.8 Å². The van der Waals surface area contributed by atoms with Crippen LogP contribution in [0.3, 0.4) is 0 Å². The first-order chi connectivity index (χ1) is 8.69.